The summed E-state index contributed by atoms with van der Waals surface area (Å²) in [4.78, 5) is 16.5. The van der Waals surface area contributed by atoms with Crippen LogP contribution in [0.4, 0.5) is 5.13 Å². The molecule has 1 N–H and O–H groups in total. The molecule has 0 bridgehead atoms. The Balaban J connectivity index is 1.60. The average molecular weight is 362 g/mol. The van der Waals surface area contributed by atoms with E-state index in [4.69, 9.17) is 16.1 Å². The van der Waals surface area contributed by atoms with Crippen LogP contribution in [0.2, 0.25) is 5.22 Å². The minimum absolute atomic E-state index is 0.114. The third kappa shape index (κ3) is 3.83. The summed E-state index contributed by atoms with van der Waals surface area (Å²) in [5.74, 6) is -0.114. The molecule has 124 valence electrons. The van der Waals surface area contributed by atoms with Crippen molar-refractivity contribution in [2.45, 2.75) is 26.7 Å². The van der Waals surface area contributed by atoms with E-state index >= 15 is 0 Å². The van der Waals surface area contributed by atoms with Gasteiger partial charge in [-0.25, -0.2) is 4.98 Å². The highest BCUT2D eigenvalue weighted by Crippen LogP contribution is 2.25. The fourth-order valence-electron chi connectivity index (χ4n) is 2.25. The van der Waals surface area contributed by atoms with Crippen molar-refractivity contribution >= 4 is 34.0 Å². The Morgan fingerprint density at radius 1 is 1.29 bits per heavy atom. The molecule has 0 fully saturated rings. The zero-order chi connectivity index (χ0) is 17.1. The summed E-state index contributed by atoms with van der Waals surface area (Å²) in [7, 11) is 0. The van der Waals surface area contributed by atoms with Gasteiger partial charge < -0.3 is 9.84 Å². The van der Waals surface area contributed by atoms with Crippen molar-refractivity contribution in [2.24, 2.45) is 0 Å². The minimum Gasteiger partial charge on any atom is -0.344 e. The standard InChI is InChI=1S/C17H16ClN3O2S/c1-10-3-5-12(6-4-10)14-9-24-17(19-14)20-15(22)8-7-13-11(2)21-23-16(13)18/h3-6,9H,7-8H2,1-2H3,(H,19,20,22). The predicted molar refractivity (Wildman–Crippen MR) is 95.5 cm³/mol. The molecule has 0 aliphatic carbocycles. The van der Waals surface area contributed by atoms with Crippen molar-refractivity contribution < 1.29 is 9.32 Å². The zero-order valence-corrected chi connectivity index (χ0v) is 14.9. The monoisotopic (exact) mass is 361 g/mol. The molecule has 1 amide bonds. The fraction of sp³-hybridized carbons (Fsp3) is 0.235. The molecule has 0 aliphatic rings. The topological polar surface area (TPSA) is 68.0 Å². The number of anilines is 1. The fourth-order valence-corrected chi connectivity index (χ4v) is 3.25. The Morgan fingerprint density at radius 2 is 2.04 bits per heavy atom. The largest absolute Gasteiger partial charge is 0.344 e. The summed E-state index contributed by atoms with van der Waals surface area (Å²) >= 11 is 7.31. The number of nitrogens with zero attached hydrogens (tertiary/aromatic N) is 2. The van der Waals surface area contributed by atoms with Crippen LogP contribution < -0.4 is 5.32 Å². The van der Waals surface area contributed by atoms with E-state index in [0.717, 1.165) is 16.8 Å². The highest BCUT2D eigenvalue weighted by Gasteiger charge is 2.14. The number of benzene rings is 1. The van der Waals surface area contributed by atoms with Crippen LogP contribution in [-0.2, 0) is 11.2 Å². The molecule has 1 aromatic carbocycles. The predicted octanol–water partition coefficient (Wildman–Crippen LogP) is 4.64. The second-order valence-electron chi connectivity index (χ2n) is 5.47. The number of hydrogen-bond donors (Lipinski definition) is 1. The minimum atomic E-state index is -0.114. The molecule has 0 radical (unpaired) electrons. The van der Waals surface area contributed by atoms with Crippen LogP contribution >= 0.6 is 22.9 Å². The zero-order valence-electron chi connectivity index (χ0n) is 13.3. The first-order valence-corrected chi connectivity index (χ1v) is 8.72. The quantitative estimate of drug-likeness (QED) is 0.718. The third-order valence-electron chi connectivity index (χ3n) is 3.64. The van der Waals surface area contributed by atoms with Crippen molar-refractivity contribution in [3.8, 4) is 11.3 Å². The molecule has 5 nitrogen and oxygen atoms in total. The molecule has 0 unspecified atom stereocenters. The highest BCUT2D eigenvalue weighted by atomic mass is 35.5. The van der Waals surface area contributed by atoms with Gasteiger partial charge in [-0.1, -0.05) is 35.0 Å². The number of thiazole rings is 1. The first-order chi connectivity index (χ1) is 11.5. The van der Waals surface area contributed by atoms with Crippen molar-refractivity contribution in [1.82, 2.24) is 10.1 Å². The first kappa shape index (κ1) is 16.7. The van der Waals surface area contributed by atoms with Gasteiger partial charge in [-0.15, -0.1) is 11.3 Å². The lowest BCUT2D eigenvalue weighted by atomic mass is 10.1. The number of carbonyl (C=O) groups is 1. The molecule has 0 aliphatic heterocycles. The van der Waals surface area contributed by atoms with Crippen LogP contribution in [0, 0.1) is 13.8 Å². The van der Waals surface area contributed by atoms with E-state index in [9.17, 15) is 4.79 Å². The van der Waals surface area contributed by atoms with Crippen molar-refractivity contribution in [1.29, 1.82) is 0 Å². The number of carbonyl (C=O) groups excluding carboxylic acids is 1. The van der Waals surface area contributed by atoms with Crippen LogP contribution in [0.1, 0.15) is 23.2 Å². The molecule has 0 spiro atoms. The Morgan fingerprint density at radius 3 is 2.71 bits per heavy atom. The molecule has 2 aromatic heterocycles. The van der Waals surface area contributed by atoms with E-state index in [0.29, 0.717) is 23.7 Å². The van der Waals surface area contributed by atoms with Gasteiger partial charge in [-0.3, -0.25) is 4.79 Å². The molecule has 24 heavy (non-hydrogen) atoms. The Hall–Kier alpha value is -2.18. The summed E-state index contributed by atoms with van der Waals surface area (Å²) in [6.07, 6.45) is 0.775. The lowest BCUT2D eigenvalue weighted by molar-refractivity contribution is -0.116. The number of amides is 1. The van der Waals surface area contributed by atoms with Gasteiger partial charge >= 0.3 is 0 Å². The number of halogens is 1. The second kappa shape index (κ2) is 7.15. The molecule has 2 heterocycles. The molecule has 0 saturated heterocycles. The van der Waals surface area contributed by atoms with Gasteiger partial charge in [-0.2, -0.15) is 0 Å². The van der Waals surface area contributed by atoms with Crippen LogP contribution in [0.25, 0.3) is 11.3 Å². The normalized spacial score (nSPS) is 10.8. The van der Waals surface area contributed by atoms with Gasteiger partial charge in [-0.05, 0) is 31.9 Å². The summed E-state index contributed by atoms with van der Waals surface area (Å²) in [6, 6.07) is 8.12. The van der Waals surface area contributed by atoms with E-state index < -0.39 is 0 Å². The van der Waals surface area contributed by atoms with Gasteiger partial charge in [0, 0.05) is 22.9 Å². The molecular formula is C17H16ClN3O2S. The van der Waals surface area contributed by atoms with E-state index in [2.05, 4.69) is 15.5 Å². The van der Waals surface area contributed by atoms with Crippen LogP contribution in [0.15, 0.2) is 34.2 Å². The SMILES string of the molecule is Cc1ccc(-c2csc(NC(=O)CCc3c(C)noc3Cl)n2)cc1. The van der Waals surface area contributed by atoms with E-state index in [-0.39, 0.29) is 11.1 Å². The smallest absolute Gasteiger partial charge is 0.229 e. The van der Waals surface area contributed by atoms with E-state index in [1.807, 2.05) is 36.6 Å². The van der Waals surface area contributed by atoms with Crippen LogP contribution in [0.5, 0.6) is 0 Å². The highest BCUT2D eigenvalue weighted by molar-refractivity contribution is 7.14. The number of aryl methyl sites for hydroxylation is 2. The van der Waals surface area contributed by atoms with Crippen LogP contribution in [0.3, 0.4) is 0 Å². The molecule has 7 heteroatoms. The Bertz CT molecular complexity index is 836. The summed E-state index contributed by atoms with van der Waals surface area (Å²) < 4.78 is 4.88. The van der Waals surface area contributed by atoms with Gasteiger partial charge in [0.2, 0.25) is 11.1 Å². The van der Waals surface area contributed by atoms with Crippen molar-refractivity contribution in [3.63, 3.8) is 0 Å². The maximum absolute atomic E-state index is 12.1. The van der Waals surface area contributed by atoms with Crippen LogP contribution in [-0.4, -0.2) is 16.0 Å². The summed E-state index contributed by atoms with van der Waals surface area (Å²) in [5, 5.41) is 9.36. The lowest BCUT2D eigenvalue weighted by Gasteiger charge is -2.01. The Labute approximate surface area is 148 Å². The van der Waals surface area contributed by atoms with Crippen molar-refractivity contribution in [3.05, 3.63) is 51.7 Å². The number of hydrogen-bond acceptors (Lipinski definition) is 5. The summed E-state index contributed by atoms with van der Waals surface area (Å²) in [6.45, 7) is 3.84. The number of rotatable bonds is 5. The number of nitrogens with one attached hydrogen (secondary N) is 1. The molecule has 0 atom stereocenters. The molecular weight excluding hydrogens is 346 g/mol. The molecule has 3 rings (SSSR count). The van der Waals surface area contributed by atoms with Crippen molar-refractivity contribution in [2.75, 3.05) is 5.32 Å². The maximum Gasteiger partial charge on any atom is 0.229 e. The van der Waals surface area contributed by atoms with E-state index in [1.165, 1.54) is 16.9 Å². The third-order valence-corrected chi connectivity index (χ3v) is 4.69. The summed E-state index contributed by atoms with van der Waals surface area (Å²) in [5.41, 5.74) is 4.57. The lowest BCUT2D eigenvalue weighted by Crippen LogP contribution is -2.12. The maximum atomic E-state index is 12.1. The average Bonchev–Trinajstić information content (AvgIpc) is 3.14. The van der Waals surface area contributed by atoms with Gasteiger partial charge in [0.1, 0.15) is 0 Å². The number of aromatic nitrogens is 2. The van der Waals surface area contributed by atoms with E-state index in [1.54, 1.807) is 6.92 Å². The van der Waals surface area contributed by atoms with Gasteiger partial charge in [0.25, 0.3) is 0 Å². The second-order valence-corrected chi connectivity index (χ2v) is 6.67. The van der Waals surface area contributed by atoms with Gasteiger partial charge in [0.05, 0.1) is 11.4 Å². The molecule has 3 aromatic rings. The first-order valence-electron chi connectivity index (χ1n) is 7.46. The van der Waals surface area contributed by atoms with Gasteiger partial charge in [0.15, 0.2) is 5.13 Å². The molecule has 0 saturated carbocycles. The Kier molecular flexibility index (Phi) is 4.97.